The van der Waals surface area contributed by atoms with Crippen LogP contribution in [0.3, 0.4) is 0 Å². The van der Waals surface area contributed by atoms with Crippen molar-refractivity contribution in [2.75, 3.05) is 22.9 Å². The molecule has 1 saturated carbocycles. The molecule has 1 aliphatic carbocycles. The van der Waals surface area contributed by atoms with Crippen molar-refractivity contribution in [1.82, 2.24) is 4.98 Å². The molecule has 0 radical (unpaired) electrons. The van der Waals surface area contributed by atoms with Crippen LogP contribution in [0.2, 0.25) is 0 Å². The predicted octanol–water partition coefficient (Wildman–Crippen LogP) is 4.14. The molecule has 2 unspecified atom stereocenters. The number of fused-ring (bicyclic) bond motifs is 1. The smallest absolute Gasteiger partial charge is 0.355 e. The van der Waals surface area contributed by atoms with Crippen LogP contribution in [-0.4, -0.2) is 30.1 Å². The molecule has 3 atom stereocenters. The van der Waals surface area contributed by atoms with Crippen LogP contribution in [0.1, 0.15) is 11.1 Å². The summed E-state index contributed by atoms with van der Waals surface area (Å²) in [5.74, 6) is -0.470. The zero-order valence-electron chi connectivity index (χ0n) is 15.3. The number of amides is 2. The molecule has 5 nitrogen and oxygen atoms in total. The molecule has 2 heterocycles. The second-order valence-corrected chi connectivity index (χ2v) is 7.35. The van der Waals surface area contributed by atoms with E-state index in [0.29, 0.717) is 0 Å². The fourth-order valence-corrected chi connectivity index (χ4v) is 4.18. The Balaban J connectivity index is 1.52. The van der Waals surface area contributed by atoms with Crippen LogP contribution in [0.15, 0.2) is 42.6 Å². The molecule has 2 fully saturated rings. The van der Waals surface area contributed by atoms with Crippen LogP contribution >= 0.6 is 0 Å². The van der Waals surface area contributed by atoms with Gasteiger partial charge in [-0.1, -0.05) is 0 Å². The first-order valence-corrected chi connectivity index (χ1v) is 9.01. The molecule has 2 aliphatic rings. The zero-order valence-corrected chi connectivity index (χ0v) is 15.3. The second kappa shape index (κ2) is 6.78. The number of piperidine rings is 1. The quantitative estimate of drug-likeness (QED) is 0.745. The van der Waals surface area contributed by atoms with Gasteiger partial charge >= 0.3 is 18.4 Å². The van der Waals surface area contributed by atoms with Gasteiger partial charge in [0.2, 0.25) is 0 Å². The fourth-order valence-electron chi connectivity index (χ4n) is 4.18. The summed E-state index contributed by atoms with van der Waals surface area (Å²) in [5, 5.41) is 0. The van der Waals surface area contributed by atoms with Crippen LogP contribution in [-0.2, 0) is 12.4 Å². The molecule has 11 heteroatoms. The van der Waals surface area contributed by atoms with Crippen molar-refractivity contribution in [3.63, 3.8) is 0 Å². The molecular formula is C19H16F6N4O. The Morgan fingerprint density at radius 2 is 1.60 bits per heavy atom. The molecule has 1 aliphatic heterocycles. The lowest BCUT2D eigenvalue weighted by atomic mass is 10.1. The maximum absolute atomic E-state index is 13.2. The second-order valence-electron chi connectivity index (χ2n) is 7.35. The number of urea groups is 1. The molecule has 2 amide bonds. The third kappa shape index (κ3) is 3.52. The monoisotopic (exact) mass is 430 g/mol. The molecule has 1 aromatic carbocycles. The SMILES string of the molecule is NC(=O)N(c1ccc(C(F)(F)F)cc1)C1C2CN(c3ncccc3C(F)(F)F)C[C@@H]21. The number of hydrogen-bond donors (Lipinski definition) is 1. The lowest BCUT2D eigenvalue weighted by molar-refractivity contribution is -0.138. The number of nitrogens with zero attached hydrogens (tertiary/aromatic N) is 3. The Hall–Kier alpha value is -2.98. The molecule has 2 aromatic rings. The molecule has 4 rings (SSSR count). The van der Waals surface area contributed by atoms with Crippen molar-refractivity contribution in [1.29, 1.82) is 0 Å². The minimum absolute atomic E-state index is 0.150. The zero-order chi connectivity index (χ0) is 21.8. The summed E-state index contributed by atoms with van der Waals surface area (Å²) in [6, 6.07) is 5.02. The number of hydrogen-bond acceptors (Lipinski definition) is 3. The number of halogens is 6. The summed E-state index contributed by atoms with van der Waals surface area (Å²) in [7, 11) is 0. The first-order chi connectivity index (χ1) is 14.0. The van der Waals surface area contributed by atoms with Crippen molar-refractivity contribution in [2.45, 2.75) is 18.4 Å². The number of pyridine rings is 1. The van der Waals surface area contributed by atoms with Gasteiger partial charge in [-0.15, -0.1) is 0 Å². The van der Waals surface area contributed by atoms with Gasteiger partial charge in [-0.05, 0) is 36.4 Å². The summed E-state index contributed by atoms with van der Waals surface area (Å²) in [4.78, 5) is 18.6. The highest BCUT2D eigenvalue weighted by molar-refractivity contribution is 5.92. The largest absolute Gasteiger partial charge is 0.419 e. The number of carbonyl (C=O) groups excluding carboxylic acids is 1. The van der Waals surface area contributed by atoms with E-state index in [1.165, 1.54) is 34.2 Å². The summed E-state index contributed by atoms with van der Waals surface area (Å²) in [6.45, 7) is 0.472. The van der Waals surface area contributed by atoms with Gasteiger partial charge in [-0.25, -0.2) is 9.78 Å². The molecule has 1 saturated heterocycles. The van der Waals surface area contributed by atoms with Crippen LogP contribution in [0, 0.1) is 11.8 Å². The normalized spacial score (nSPS) is 23.3. The number of rotatable bonds is 3. The van der Waals surface area contributed by atoms with E-state index in [2.05, 4.69) is 4.98 Å². The Labute approximate surface area is 167 Å². The average Bonchev–Trinajstić information content (AvgIpc) is 3.11. The maximum atomic E-state index is 13.2. The molecule has 1 aromatic heterocycles. The lowest BCUT2D eigenvalue weighted by Gasteiger charge is -2.28. The Kier molecular flexibility index (Phi) is 4.59. The molecule has 160 valence electrons. The molecular weight excluding hydrogens is 414 g/mol. The minimum atomic E-state index is -4.55. The fraction of sp³-hybridized carbons (Fsp3) is 0.368. The van der Waals surface area contributed by atoms with E-state index in [4.69, 9.17) is 5.73 Å². The topological polar surface area (TPSA) is 62.5 Å². The summed E-state index contributed by atoms with van der Waals surface area (Å²) in [5.41, 5.74) is 3.98. The molecule has 30 heavy (non-hydrogen) atoms. The maximum Gasteiger partial charge on any atom is 0.419 e. The van der Waals surface area contributed by atoms with E-state index in [9.17, 15) is 31.1 Å². The van der Waals surface area contributed by atoms with E-state index in [1.807, 2.05) is 0 Å². The van der Waals surface area contributed by atoms with E-state index < -0.39 is 29.5 Å². The minimum Gasteiger partial charge on any atom is -0.355 e. The third-order valence-electron chi connectivity index (χ3n) is 5.55. The van der Waals surface area contributed by atoms with E-state index in [1.54, 1.807) is 0 Å². The van der Waals surface area contributed by atoms with Crippen LogP contribution in [0.4, 0.5) is 42.6 Å². The number of primary amides is 1. The van der Waals surface area contributed by atoms with Crippen LogP contribution in [0.5, 0.6) is 0 Å². The number of aromatic nitrogens is 1. The third-order valence-corrected chi connectivity index (χ3v) is 5.55. The number of alkyl halides is 6. The van der Waals surface area contributed by atoms with E-state index in [0.717, 1.165) is 18.2 Å². The standard InChI is InChI=1S/C19H16F6N4O/c20-18(21,22)10-3-5-11(6-4-10)29(17(26)30)15-12-8-28(9-13(12)15)16-14(19(23,24)25)2-1-7-27-16/h1-7,12-13,15H,8-9H2,(H2,26,30)/t12-,13?,15?/m0/s1. The number of nitrogens with two attached hydrogens (primary N) is 1. The first kappa shape index (κ1) is 20.3. The van der Waals surface area contributed by atoms with Crippen molar-refractivity contribution in [2.24, 2.45) is 17.6 Å². The highest BCUT2D eigenvalue weighted by Crippen LogP contribution is 2.52. The summed E-state index contributed by atoms with van der Waals surface area (Å²) < 4.78 is 78.0. The van der Waals surface area contributed by atoms with Gasteiger partial charge in [0.15, 0.2) is 0 Å². The average molecular weight is 430 g/mol. The van der Waals surface area contributed by atoms with Gasteiger partial charge in [0, 0.05) is 42.9 Å². The van der Waals surface area contributed by atoms with Crippen molar-refractivity contribution in [3.8, 4) is 0 Å². The first-order valence-electron chi connectivity index (χ1n) is 9.01. The van der Waals surface area contributed by atoms with Gasteiger partial charge in [0.25, 0.3) is 0 Å². The molecule has 2 N–H and O–H groups in total. The molecule has 0 bridgehead atoms. The summed E-state index contributed by atoms with van der Waals surface area (Å²) in [6.07, 6.45) is -7.77. The highest BCUT2D eigenvalue weighted by Gasteiger charge is 2.60. The van der Waals surface area contributed by atoms with Crippen molar-refractivity contribution < 1.29 is 31.1 Å². The van der Waals surface area contributed by atoms with E-state index in [-0.39, 0.29) is 42.5 Å². The predicted molar refractivity (Wildman–Crippen MR) is 95.7 cm³/mol. The number of benzene rings is 1. The van der Waals surface area contributed by atoms with E-state index >= 15 is 0 Å². The van der Waals surface area contributed by atoms with Gasteiger partial charge in [0.1, 0.15) is 5.82 Å². The number of anilines is 2. The van der Waals surface area contributed by atoms with Gasteiger partial charge in [-0.3, -0.25) is 4.90 Å². The van der Waals surface area contributed by atoms with Crippen molar-refractivity contribution >= 4 is 17.5 Å². The Morgan fingerprint density at radius 3 is 2.10 bits per heavy atom. The van der Waals surface area contributed by atoms with Gasteiger partial charge < -0.3 is 10.6 Å². The molecule has 0 spiro atoms. The Morgan fingerprint density at radius 1 is 1.00 bits per heavy atom. The highest BCUT2D eigenvalue weighted by atomic mass is 19.4. The van der Waals surface area contributed by atoms with Gasteiger partial charge in [-0.2, -0.15) is 26.3 Å². The lowest BCUT2D eigenvalue weighted by Crippen LogP contribution is -2.42. The summed E-state index contributed by atoms with van der Waals surface area (Å²) >= 11 is 0. The Bertz CT molecular complexity index is 947. The number of carbonyl (C=O) groups is 1. The van der Waals surface area contributed by atoms with Crippen LogP contribution < -0.4 is 15.5 Å². The van der Waals surface area contributed by atoms with Crippen LogP contribution in [0.25, 0.3) is 0 Å². The van der Waals surface area contributed by atoms with Gasteiger partial charge in [0.05, 0.1) is 11.1 Å². The van der Waals surface area contributed by atoms with Crippen molar-refractivity contribution in [3.05, 3.63) is 53.7 Å².